The molecule has 0 radical (unpaired) electrons. The molecule has 0 aliphatic rings. The van der Waals surface area contributed by atoms with Crippen molar-refractivity contribution in [3.05, 3.63) is 36.5 Å². The van der Waals surface area contributed by atoms with Crippen molar-refractivity contribution in [3.63, 3.8) is 0 Å². The number of carbonyl (C=O) groups excluding carboxylic acids is 3. The molecule has 9 heteroatoms. The van der Waals surface area contributed by atoms with E-state index in [1.165, 1.54) is 276 Å². The highest BCUT2D eigenvalue weighted by Gasteiger charge is 2.22. The van der Waals surface area contributed by atoms with Crippen molar-refractivity contribution in [3.8, 4) is 0 Å². The highest BCUT2D eigenvalue weighted by molar-refractivity contribution is 5.70. The van der Waals surface area contributed by atoms with Gasteiger partial charge in [-0.05, 0) is 51.4 Å². The molecule has 0 N–H and O–H groups in total. The number of nitrogens with zero attached hydrogens (tertiary/aromatic N) is 1. The fourth-order valence-corrected chi connectivity index (χ4v) is 10.8. The van der Waals surface area contributed by atoms with Crippen LogP contribution in [-0.4, -0.2) is 82.3 Å². The van der Waals surface area contributed by atoms with Gasteiger partial charge < -0.3 is 33.3 Å². The lowest BCUT2D eigenvalue weighted by Crippen LogP contribution is -2.44. The standard InChI is InChI=1S/C74H139NO8/c1-6-8-10-12-14-16-18-20-22-24-26-28-30-32-34-35-36-37-39-40-42-44-46-48-50-52-54-56-58-60-62-64-71(76)81-68-70(69-82-74(73(78)79)80-67-66-75(3,4)5)83-72(77)65-63-61-59-57-55-53-51-49-47-45-43-41-38-33-31-29-27-25-23-21-19-17-15-13-11-9-7-2/h19,21,25,27,31,33,70,74H,6-18,20,22-24,26,28-30,32,34-69H2,1-5H3/b21-19-,27-25-,33-31-. The van der Waals surface area contributed by atoms with Gasteiger partial charge in [0, 0.05) is 12.8 Å². The second kappa shape index (κ2) is 65.5. The summed E-state index contributed by atoms with van der Waals surface area (Å²) in [5.41, 5.74) is 0. The summed E-state index contributed by atoms with van der Waals surface area (Å²) < 4.78 is 22.8. The van der Waals surface area contributed by atoms with Crippen molar-refractivity contribution in [1.29, 1.82) is 0 Å². The lowest BCUT2D eigenvalue weighted by Gasteiger charge is -2.26. The minimum atomic E-state index is -1.62. The number of carboxylic acids is 1. The summed E-state index contributed by atoms with van der Waals surface area (Å²) in [4.78, 5) is 37.5. The number of allylic oxidation sites excluding steroid dienone is 6. The van der Waals surface area contributed by atoms with Crippen molar-refractivity contribution in [2.24, 2.45) is 0 Å². The van der Waals surface area contributed by atoms with E-state index in [-0.39, 0.29) is 32.2 Å². The molecule has 83 heavy (non-hydrogen) atoms. The van der Waals surface area contributed by atoms with Gasteiger partial charge in [0.25, 0.3) is 0 Å². The largest absolute Gasteiger partial charge is 0.545 e. The number of unbranched alkanes of at least 4 members (excludes halogenated alkanes) is 47. The summed E-state index contributed by atoms with van der Waals surface area (Å²) >= 11 is 0. The molecule has 2 atom stereocenters. The molecule has 0 aromatic heterocycles. The molecule has 0 aromatic rings. The zero-order valence-corrected chi connectivity index (χ0v) is 55.8. The van der Waals surface area contributed by atoms with E-state index in [2.05, 4.69) is 50.3 Å². The first-order chi connectivity index (χ1) is 40.6. The Morgan fingerprint density at radius 2 is 0.651 bits per heavy atom. The number of aliphatic carboxylic acids is 1. The van der Waals surface area contributed by atoms with Gasteiger partial charge in [0.1, 0.15) is 13.2 Å². The van der Waals surface area contributed by atoms with Crippen LogP contribution in [0.25, 0.3) is 0 Å². The number of rotatable bonds is 68. The van der Waals surface area contributed by atoms with Crippen molar-refractivity contribution in [1.82, 2.24) is 0 Å². The predicted octanol–water partition coefficient (Wildman–Crippen LogP) is 21.0. The number of esters is 2. The highest BCUT2D eigenvalue weighted by atomic mass is 16.7. The first kappa shape index (κ1) is 80.5. The summed E-state index contributed by atoms with van der Waals surface area (Å²) in [6.45, 7) is 4.80. The summed E-state index contributed by atoms with van der Waals surface area (Å²) in [5, 5.41) is 11.8. The van der Waals surface area contributed by atoms with E-state index in [9.17, 15) is 19.5 Å². The smallest absolute Gasteiger partial charge is 0.306 e. The van der Waals surface area contributed by atoms with Crippen LogP contribution in [0, 0.1) is 0 Å². The molecule has 0 saturated carbocycles. The molecule has 0 heterocycles. The third kappa shape index (κ3) is 66.9. The van der Waals surface area contributed by atoms with Crippen LogP contribution in [0.2, 0.25) is 0 Å². The molecule has 0 bridgehead atoms. The first-order valence-corrected chi connectivity index (χ1v) is 36.1. The molecule has 2 unspecified atom stereocenters. The van der Waals surface area contributed by atoms with Crippen LogP contribution in [0.5, 0.6) is 0 Å². The van der Waals surface area contributed by atoms with Gasteiger partial charge in [-0.25, -0.2) is 0 Å². The fraction of sp³-hybridized carbons (Fsp3) is 0.878. The lowest BCUT2D eigenvalue weighted by atomic mass is 10.0. The maximum atomic E-state index is 12.9. The molecule has 0 amide bonds. The minimum absolute atomic E-state index is 0.149. The van der Waals surface area contributed by atoms with Gasteiger partial charge >= 0.3 is 11.9 Å². The van der Waals surface area contributed by atoms with Crippen LogP contribution in [0.15, 0.2) is 36.5 Å². The average Bonchev–Trinajstić information content (AvgIpc) is 3.46. The molecule has 0 aromatic carbocycles. The third-order valence-corrected chi connectivity index (χ3v) is 16.4. The first-order valence-electron chi connectivity index (χ1n) is 36.1. The van der Waals surface area contributed by atoms with Gasteiger partial charge in [-0.2, -0.15) is 0 Å². The Bertz CT molecular complexity index is 1450. The van der Waals surface area contributed by atoms with Crippen molar-refractivity contribution >= 4 is 17.9 Å². The Hall–Kier alpha value is -2.49. The Morgan fingerprint density at radius 1 is 0.361 bits per heavy atom. The molecule has 488 valence electrons. The number of carboxylic acid groups (broad SMARTS) is 1. The lowest BCUT2D eigenvalue weighted by molar-refractivity contribution is -0.870. The number of ether oxygens (including phenoxy) is 4. The Labute approximate surface area is 515 Å². The van der Waals surface area contributed by atoms with Crippen LogP contribution in [0.1, 0.15) is 361 Å². The number of likely N-dealkylation sites (N-methyl/N-ethyl adjacent to an activating group) is 1. The second-order valence-electron chi connectivity index (χ2n) is 25.9. The molecule has 0 aliphatic carbocycles. The topological polar surface area (TPSA) is 111 Å². The third-order valence-electron chi connectivity index (χ3n) is 16.4. The zero-order chi connectivity index (χ0) is 60.5. The van der Waals surface area contributed by atoms with Crippen molar-refractivity contribution < 1.29 is 42.9 Å². The maximum Gasteiger partial charge on any atom is 0.306 e. The van der Waals surface area contributed by atoms with Gasteiger partial charge in [0.05, 0.1) is 40.3 Å². The molecule has 0 fully saturated rings. The summed E-state index contributed by atoms with van der Waals surface area (Å²) in [6, 6.07) is 0. The molecule has 0 saturated heterocycles. The molecular weight excluding hydrogens is 1030 g/mol. The Balaban J connectivity index is 4.05. The minimum Gasteiger partial charge on any atom is -0.545 e. The van der Waals surface area contributed by atoms with Crippen molar-refractivity contribution in [2.75, 3.05) is 47.5 Å². The van der Waals surface area contributed by atoms with E-state index in [0.717, 1.165) is 51.4 Å². The predicted molar refractivity (Wildman–Crippen MR) is 353 cm³/mol. The van der Waals surface area contributed by atoms with Gasteiger partial charge in [-0.15, -0.1) is 0 Å². The number of carbonyl (C=O) groups is 3. The summed E-state index contributed by atoms with van der Waals surface area (Å²) in [5.74, 6) is -2.26. The summed E-state index contributed by atoms with van der Waals surface area (Å²) in [7, 11) is 5.94. The molecule has 0 rings (SSSR count). The van der Waals surface area contributed by atoms with E-state index in [4.69, 9.17) is 18.9 Å². The molecule has 0 spiro atoms. The number of hydrogen-bond acceptors (Lipinski definition) is 8. The fourth-order valence-electron chi connectivity index (χ4n) is 10.8. The zero-order valence-electron chi connectivity index (χ0n) is 55.8. The van der Waals surface area contributed by atoms with Gasteiger partial charge in [-0.1, -0.05) is 333 Å². The Kier molecular flexibility index (Phi) is 63.5. The molecular formula is C74H139NO8. The van der Waals surface area contributed by atoms with Crippen LogP contribution in [-0.2, 0) is 33.3 Å². The second-order valence-corrected chi connectivity index (χ2v) is 25.9. The SMILES string of the molecule is CCCCCCC/C=C\C/C=C\C/C=C\CCCCCCCCCCCCCCC(=O)OC(COC(=O)CCCCCCCCCCCCCCCCCCCCCCCCCCCCCCCCC)COC(OCC[N+](C)(C)C)C(=O)[O-]. The molecule has 9 nitrogen and oxygen atoms in total. The number of hydrogen-bond donors (Lipinski definition) is 0. The van der Waals surface area contributed by atoms with E-state index in [1.54, 1.807) is 0 Å². The average molecular weight is 1170 g/mol. The van der Waals surface area contributed by atoms with E-state index < -0.39 is 24.3 Å². The van der Waals surface area contributed by atoms with Gasteiger partial charge in [-0.3, -0.25) is 9.59 Å². The molecule has 0 aliphatic heterocycles. The Morgan fingerprint density at radius 3 is 0.964 bits per heavy atom. The van der Waals surface area contributed by atoms with E-state index in [1.807, 2.05) is 21.1 Å². The quantitative estimate of drug-likeness (QED) is 0.0195. The van der Waals surface area contributed by atoms with Crippen LogP contribution in [0.3, 0.4) is 0 Å². The van der Waals surface area contributed by atoms with Crippen LogP contribution >= 0.6 is 0 Å². The van der Waals surface area contributed by atoms with E-state index >= 15 is 0 Å². The van der Waals surface area contributed by atoms with Gasteiger partial charge in [0.2, 0.25) is 0 Å². The maximum absolute atomic E-state index is 12.9. The number of quaternary nitrogens is 1. The monoisotopic (exact) mass is 1170 g/mol. The normalized spacial score (nSPS) is 12.8. The van der Waals surface area contributed by atoms with Crippen LogP contribution < -0.4 is 5.11 Å². The summed E-state index contributed by atoms with van der Waals surface area (Å²) in [6.07, 6.45) is 79.5. The van der Waals surface area contributed by atoms with Gasteiger partial charge in [0.15, 0.2) is 12.4 Å². The van der Waals surface area contributed by atoms with Crippen LogP contribution in [0.4, 0.5) is 0 Å². The van der Waals surface area contributed by atoms with E-state index in [0.29, 0.717) is 23.9 Å². The van der Waals surface area contributed by atoms with Crippen molar-refractivity contribution in [2.45, 2.75) is 373 Å². The highest BCUT2D eigenvalue weighted by Crippen LogP contribution is 2.19.